The van der Waals surface area contributed by atoms with Crippen LogP contribution in [0.1, 0.15) is 12.5 Å². The smallest absolute Gasteiger partial charge is 0.331 e. The average Bonchev–Trinajstić information content (AvgIpc) is 2.27. The van der Waals surface area contributed by atoms with Crippen molar-refractivity contribution in [1.29, 1.82) is 0 Å². The minimum Gasteiger partial charge on any atom is -0.463 e. The molecule has 0 bridgehead atoms. The van der Waals surface area contributed by atoms with E-state index in [0.717, 1.165) is 0 Å². The number of carbonyl (C=O) groups excluding carboxylic acids is 2. The molecule has 0 N–H and O–H groups in total. The van der Waals surface area contributed by atoms with E-state index in [1.807, 2.05) is 6.07 Å². The highest BCUT2D eigenvalue weighted by Gasteiger charge is 2.03. The van der Waals surface area contributed by atoms with Gasteiger partial charge in [-0.05, 0) is 12.5 Å². The number of esters is 1. The van der Waals surface area contributed by atoms with Crippen LogP contribution in [0.4, 0.5) is 0 Å². The maximum atomic E-state index is 11.1. The molecular weight excluding hydrogens is 192 g/mol. The summed E-state index contributed by atoms with van der Waals surface area (Å²) >= 11 is 0. The Morgan fingerprint density at radius 3 is 2.53 bits per heavy atom. The van der Waals surface area contributed by atoms with E-state index in [1.54, 1.807) is 31.2 Å². The van der Waals surface area contributed by atoms with Gasteiger partial charge >= 0.3 is 5.97 Å². The summed E-state index contributed by atoms with van der Waals surface area (Å²) in [6.45, 7) is 2.02. The number of aldehydes is 1. The van der Waals surface area contributed by atoms with Crippen molar-refractivity contribution in [3.05, 3.63) is 42.0 Å². The Morgan fingerprint density at radius 1 is 1.33 bits per heavy atom. The lowest BCUT2D eigenvalue weighted by Gasteiger charge is -2.00. The number of benzene rings is 1. The van der Waals surface area contributed by atoms with Crippen molar-refractivity contribution in [3.63, 3.8) is 0 Å². The van der Waals surface area contributed by atoms with Gasteiger partial charge in [-0.2, -0.15) is 0 Å². The molecule has 0 amide bonds. The van der Waals surface area contributed by atoms with Crippen LogP contribution in [0.3, 0.4) is 0 Å². The van der Waals surface area contributed by atoms with E-state index in [4.69, 9.17) is 4.74 Å². The lowest BCUT2D eigenvalue weighted by Crippen LogP contribution is -2.01. The van der Waals surface area contributed by atoms with Crippen molar-refractivity contribution < 1.29 is 14.3 Å². The van der Waals surface area contributed by atoms with Crippen LogP contribution in [0.25, 0.3) is 5.57 Å². The van der Waals surface area contributed by atoms with Gasteiger partial charge in [0.25, 0.3) is 0 Å². The summed E-state index contributed by atoms with van der Waals surface area (Å²) in [7, 11) is 0. The molecule has 0 saturated carbocycles. The molecular formula is C12H12O3. The van der Waals surface area contributed by atoms with Crippen LogP contribution in [0.15, 0.2) is 36.4 Å². The van der Waals surface area contributed by atoms with Crippen LogP contribution < -0.4 is 0 Å². The Labute approximate surface area is 88.4 Å². The Kier molecular flexibility index (Phi) is 4.29. The Bertz CT molecular complexity index is 366. The van der Waals surface area contributed by atoms with E-state index in [1.165, 1.54) is 6.08 Å². The Morgan fingerprint density at radius 2 is 2.00 bits per heavy atom. The second-order valence-corrected chi connectivity index (χ2v) is 2.84. The normalized spacial score (nSPS) is 10.9. The van der Waals surface area contributed by atoms with Crippen molar-refractivity contribution in [2.45, 2.75) is 6.92 Å². The molecule has 0 heterocycles. The third-order valence-electron chi connectivity index (χ3n) is 1.79. The first kappa shape index (κ1) is 11.2. The monoisotopic (exact) mass is 204 g/mol. The Balaban J connectivity index is 2.89. The van der Waals surface area contributed by atoms with E-state index in [0.29, 0.717) is 24.0 Å². The molecule has 3 heteroatoms. The zero-order valence-corrected chi connectivity index (χ0v) is 8.47. The first-order valence-corrected chi connectivity index (χ1v) is 4.67. The summed E-state index contributed by atoms with van der Waals surface area (Å²) in [6, 6.07) is 8.98. The van der Waals surface area contributed by atoms with Crippen molar-refractivity contribution >= 4 is 17.8 Å². The predicted octanol–water partition coefficient (Wildman–Crippen LogP) is 1.83. The molecule has 0 aliphatic rings. The molecule has 0 spiro atoms. The largest absolute Gasteiger partial charge is 0.463 e. The molecule has 0 radical (unpaired) electrons. The third kappa shape index (κ3) is 3.38. The number of hydrogen-bond acceptors (Lipinski definition) is 3. The van der Waals surface area contributed by atoms with E-state index in [2.05, 4.69) is 0 Å². The predicted molar refractivity (Wildman–Crippen MR) is 57.1 cm³/mol. The quantitative estimate of drug-likeness (QED) is 0.427. The fourth-order valence-corrected chi connectivity index (χ4v) is 1.13. The number of allylic oxidation sites excluding steroid dienone is 1. The van der Waals surface area contributed by atoms with Gasteiger partial charge in [-0.25, -0.2) is 4.79 Å². The van der Waals surface area contributed by atoms with E-state index in [9.17, 15) is 9.59 Å². The minimum absolute atomic E-state index is 0.302. The van der Waals surface area contributed by atoms with Gasteiger partial charge in [-0.3, -0.25) is 4.79 Å². The lowest BCUT2D eigenvalue weighted by atomic mass is 10.1. The van der Waals surface area contributed by atoms with Crippen LogP contribution >= 0.6 is 0 Å². The molecule has 0 atom stereocenters. The maximum Gasteiger partial charge on any atom is 0.331 e. The molecule has 0 unspecified atom stereocenters. The number of hydrogen-bond donors (Lipinski definition) is 0. The molecule has 3 nitrogen and oxygen atoms in total. The topological polar surface area (TPSA) is 43.4 Å². The summed E-state index contributed by atoms with van der Waals surface area (Å²) in [5.41, 5.74) is 1.04. The number of rotatable bonds is 4. The second kappa shape index (κ2) is 5.75. The number of carbonyl (C=O) groups is 2. The molecule has 0 aliphatic heterocycles. The Hall–Kier alpha value is -1.90. The highest BCUT2D eigenvalue weighted by molar-refractivity contribution is 6.12. The molecule has 0 fully saturated rings. The van der Waals surface area contributed by atoms with Gasteiger partial charge in [0.2, 0.25) is 0 Å². The van der Waals surface area contributed by atoms with Gasteiger partial charge in [0.1, 0.15) is 0 Å². The lowest BCUT2D eigenvalue weighted by molar-refractivity contribution is -0.137. The highest BCUT2D eigenvalue weighted by atomic mass is 16.5. The zero-order chi connectivity index (χ0) is 11.1. The van der Waals surface area contributed by atoms with Crippen LogP contribution in [-0.4, -0.2) is 18.9 Å². The summed E-state index contributed by atoms with van der Waals surface area (Å²) in [5.74, 6) is -0.497. The van der Waals surface area contributed by atoms with Crippen LogP contribution in [0.5, 0.6) is 0 Å². The van der Waals surface area contributed by atoms with Gasteiger partial charge in [0.05, 0.1) is 6.61 Å². The van der Waals surface area contributed by atoms with Crippen LogP contribution in [-0.2, 0) is 14.3 Å². The van der Waals surface area contributed by atoms with Crippen LogP contribution in [0, 0.1) is 0 Å². The fraction of sp³-hybridized carbons (Fsp3) is 0.167. The fourth-order valence-electron chi connectivity index (χ4n) is 1.13. The van der Waals surface area contributed by atoms with Crippen molar-refractivity contribution in [3.8, 4) is 0 Å². The van der Waals surface area contributed by atoms with Gasteiger partial charge in [-0.15, -0.1) is 0 Å². The van der Waals surface area contributed by atoms with Crippen molar-refractivity contribution in [1.82, 2.24) is 0 Å². The van der Waals surface area contributed by atoms with Crippen molar-refractivity contribution in [2.75, 3.05) is 6.61 Å². The molecule has 15 heavy (non-hydrogen) atoms. The zero-order valence-electron chi connectivity index (χ0n) is 8.47. The highest BCUT2D eigenvalue weighted by Crippen LogP contribution is 2.11. The third-order valence-corrected chi connectivity index (χ3v) is 1.79. The average molecular weight is 204 g/mol. The van der Waals surface area contributed by atoms with Crippen molar-refractivity contribution in [2.24, 2.45) is 0 Å². The molecule has 1 aromatic carbocycles. The van der Waals surface area contributed by atoms with E-state index in [-0.39, 0.29) is 0 Å². The molecule has 0 aliphatic carbocycles. The van der Waals surface area contributed by atoms with Gasteiger partial charge in [0, 0.05) is 11.6 Å². The van der Waals surface area contributed by atoms with Gasteiger partial charge in [0.15, 0.2) is 6.29 Å². The minimum atomic E-state index is -0.497. The molecule has 78 valence electrons. The first-order chi connectivity index (χ1) is 7.27. The maximum absolute atomic E-state index is 11.1. The second-order valence-electron chi connectivity index (χ2n) is 2.84. The first-order valence-electron chi connectivity index (χ1n) is 4.67. The number of ether oxygens (including phenoxy) is 1. The standard InChI is InChI=1S/C12H12O3/c1-2-15-12(14)8-11(9-13)10-6-4-3-5-7-10/h3-9H,2H2,1H3/b11-8-. The molecule has 1 aromatic rings. The molecule has 0 aromatic heterocycles. The summed E-state index contributed by atoms with van der Waals surface area (Å²) in [4.78, 5) is 21.9. The van der Waals surface area contributed by atoms with Gasteiger partial charge < -0.3 is 4.74 Å². The summed E-state index contributed by atoms with van der Waals surface area (Å²) in [6.07, 6.45) is 1.85. The van der Waals surface area contributed by atoms with Crippen LogP contribution in [0.2, 0.25) is 0 Å². The molecule has 1 rings (SSSR count). The van der Waals surface area contributed by atoms with E-state index >= 15 is 0 Å². The summed E-state index contributed by atoms with van der Waals surface area (Å²) in [5, 5.41) is 0. The molecule has 0 saturated heterocycles. The summed E-state index contributed by atoms with van der Waals surface area (Å²) < 4.78 is 4.72. The SMILES string of the molecule is CCOC(=O)/C=C(/C=O)c1ccccc1. The van der Waals surface area contributed by atoms with Gasteiger partial charge in [-0.1, -0.05) is 30.3 Å². The van der Waals surface area contributed by atoms with E-state index < -0.39 is 5.97 Å².